The minimum atomic E-state index is -0.234. The molecule has 1 rings (SSSR count). The van der Waals surface area contributed by atoms with E-state index in [0.717, 1.165) is 29.4 Å². The SMILES string of the molecule is CCc1cc(Br)ccc1NC(C)C(=O)NC(CC)CC. The van der Waals surface area contributed by atoms with E-state index in [9.17, 15) is 4.79 Å². The molecule has 3 nitrogen and oxygen atoms in total. The standard InChI is InChI=1S/C16H25BrN2O/c1-5-12-10-13(17)8-9-15(12)18-11(4)16(20)19-14(6-2)7-3/h8-11,14,18H,5-7H2,1-4H3,(H,19,20). The van der Waals surface area contributed by atoms with Crippen LogP contribution < -0.4 is 10.6 Å². The molecule has 4 heteroatoms. The van der Waals surface area contributed by atoms with Crippen molar-refractivity contribution < 1.29 is 4.79 Å². The second-order valence-electron chi connectivity index (χ2n) is 5.04. The molecule has 0 aromatic heterocycles. The lowest BCUT2D eigenvalue weighted by Gasteiger charge is -2.21. The van der Waals surface area contributed by atoms with Crippen molar-refractivity contribution in [3.63, 3.8) is 0 Å². The number of rotatable bonds is 7. The molecular formula is C16H25BrN2O. The Labute approximate surface area is 130 Å². The first-order valence-electron chi connectivity index (χ1n) is 7.37. The largest absolute Gasteiger partial charge is 0.374 e. The normalized spacial score (nSPS) is 12.3. The third-order valence-electron chi connectivity index (χ3n) is 3.55. The van der Waals surface area contributed by atoms with Gasteiger partial charge in [0.25, 0.3) is 0 Å². The van der Waals surface area contributed by atoms with E-state index in [1.54, 1.807) is 0 Å². The molecule has 0 aliphatic rings. The Hall–Kier alpha value is -1.03. The summed E-state index contributed by atoms with van der Waals surface area (Å²) in [5, 5.41) is 6.38. The zero-order chi connectivity index (χ0) is 15.1. The Kier molecular flexibility index (Phi) is 7.06. The second kappa shape index (κ2) is 8.30. The van der Waals surface area contributed by atoms with Crippen LogP contribution in [0, 0.1) is 0 Å². The van der Waals surface area contributed by atoms with Gasteiger partial charge in [-0.3, -0.25) is 4.79 Å². The van der Waals surface area contributed by atoms with Gasteiger partial charge in [0.2, 0.25) is 5.91 Å². The zero-order valence-electron chi connectivity index (χ0n) is 12.8. The van der Waals surface area contributed by atoms with Gasteiger partial charge in [0.1, 0.15) is 6.04 Å². The van der Waals surface area contributed by atoms with Gasteiger partial charge in [-0.2, -0.15) is 0 Å². The maximum absolute atomic E-state index is 12.2. The van der Waals surface area contributed by atoms with Gasteiger partial charge in [-0.05, 0) is 49.9 Å². The molecule has 0 saturated heterocycles. The highest BCUT2D eigenvalue weighted by Gasteiger charge is 2.16. The molecule has 1 aromatic carbocycles. The number of benzene rings is 1. The highest BCUT2D eigenvalue weighted by molar-refractivity contribution is 9.10. The monoisotopic (exact) mass is 340 g/mol. The summed E-state index contributed by atoms with van der Waals surface area (Å²) in [6.45, 7) is 8.20. The summed E-state index contributed by atoms with van der Waals surface area (Å²) in [6.07, 6.45) is 2.86. The summed E-state index contributed by atoms with van der Waals surface area (Å²) in [5.74, 6) is 0.0590. The highest BCUT2D eigenvalue weighted by Crippen LogP contribution is 2.22. The fraction of sp³-hybridized carbons (Fsp3) is 0.562. The molecule has 112 valence electrons. The number of hydrogen-bond donors (Lipinski definition) is 2. The zero-order valence-corrected chi connectivity index (χ0v) is 14.4. The van der Waals surface area contributed by atoms with Crippen LogP contribution >= 0.6 is 15.9 Å². The maximum Gasteiger partial charge on any atom is 0.242 e. The molecule has 20 heavy (non-hydrogen) atoms. The average Bonchev–Trinajstić information content (AvgIpc) is 2.45. The quantitative estimate of drug-likeness (QED) is 0.783. The van der Waals surface area contributed by atoms with E-state index >= 15 is 0 Å². The minimum absolute atomic E-state index is 0.0590. The van der Waals surface area contributed by atoms with Crippen LogP contribution in [0.25, 0.3) is 0 Å². The van der Waals surface area contributed by atoms with E-state index in [1.165, 1.54) is 5.56 Å². The Morgan fingerprint density at radius 1 is 1.25 bits per heavy atom. The second-order valence-corrected chi connectivity index (χ2v) is 5.96. The van der Waals surface area contributed by atoms with E-state index in [1.807, 2.05) is 19.1 Å². The smallest absolute Gasteiger partial charge is 0.242 e. The Morgan fingerprint density at radius 2 is 1.90 bits per heavy atom. The van der Waals surface area contributed by atoms with E-state index in [2.05, 4.69) is 53.4 Å². The first kappa shape index (κ1) is 17.0. The van der Waals surface area contributed by atoms with Gasteiger partial charge in [0.15, 0.2) is 0 Å². The van der Waals surface area contributed by atoms with Crippen molar-refractivity contribution in [2.24, 2.45) is 0 Å². The van der Waals surface area contributed by atoms with Crippen LogP contribution in [0.3, 0.4) is 0 Å². The van der Waals surface area contributed by atoms with Crippen LogP contribution in [0.15, 0.2) is 22.7 Å². The lowest BCUT2D eigenvalue weighted by molar-refractivity contribution is -0.122. The summed E-state index contributed by atoms with van der Waals surface area (Å²) in [7, 11) is 0. The molecule has 1 aromatic rings. The van der Waals surface area contributed by atoms with Gasteiger partial charge in [0, 0.05) is 16.2 Å². The fourth-order valence-electron chi connectivity index (χ4n) is 2.11. The molecule has 0 fully saturated rings. The van der Waals surface area contributed by atoms with Crippen molar-refractivity contribution in [2.75, 3.05) is 5.32 Å². The van der Waals surface area contributed by atoms with Gasteiger partial charge in [-0.15, -0.1) is 0 Å². The van der Waals surface area contributed by atoms with Gasteiger partial charge >= 0.3 is 0 Å². The number of halogens is 1. The average molecular weight is 341 g/mol. The van der Waals surface area contributed by atoms with E-state index < -0.39 is 0 Å². The van der Waals surface area contributed by atoms with Crippen molar-refractivity contribution in [3.05, 3.63) is 28.2 Å². The lowest BCUT2D eigenvalue weighted by Crippen LogP contribution is -2.42. The third-order valence-corrected chi connectivity index (χ3v) is 4.04. The lowest BCUT2D eigenvalue weighted by atomic mass is 10.1. The topological polar surface area (TPSA) is 41.1 Å². The Bertz CT molecular complexity index is 444. The summed E-state index contributed by atoms with van der Waals surface area (Å²) in [6, 6.07) is 6.13. The number of nitrogens with one attached hydrogen (secondary N) is 2. The molecule has 0 aliphatic carbocycles. The molecule has 1 atom stereocenters. The number of anilines is 1. The minimum Gasteiger partial charge on any atom is -0.374 e. The van der Waals surface area contributed by atoms with Gasteiger partial charge < -0.3 is 10.6 Å². The summed E-state index contributed by atoms with van der Waals surface area (Å²) >= 11 is 3.48. The van der Waals surface area contributed by atoms with Crippen molar-refractivity contribution in [2.45, 2.75) is 59.0 Å². The molecule has 0 saturated carbocycles. The molecule has 0 aliphatic heterocycles. The molecule has 1 amide bonds. The van der Waals surface area contributed by atoms with Gasteiger partial charge in [-0.25, -0.2) is 0 Å². The van der Waals surface area contributed by atoms with Crippen LogP contribution in [-0.2, 0) is 11.2 Å². The molecule has 0 radical (unpaired) electrons. The van der Waals surface area contributed by atoms with Crippen molar-refractivity contribution >= 4 is 27.5 Å². The van der Waals surface area contributed by atoms with E-state index in [4.69, 9.17) is 0 Å². The number of amides is 1. The molecule has 0 heterocycles. The first-order chi connectivity index (χ1) is 9.51. The number of hydrogen-bond acceptors (Lipinski definition) is 2. The van der Waals surface area contributed by atoms with Gasteiger partial charge in [-0.1, -0.05) is 36.7 Å². The number of carbonyl (C=O) groups excluding carboxylic acids is 1. The maximum atomic E-state index is 12.2. The van der Waals surface area contributed by atoms with Crippen LogP contribution in [0.2, 0.25) is 0 Å². The molecule has 1 unspecified atom stereocenters. The van der Waals surface area contributed by atoms with Crippen LogP contribution in [0.1, 0.15) is 46.1 Å². The Balaban J connectivity index is 2.70. The predicted octanol–water partition coefficient (Wildman–Crippen LogP) is 4.12. The van der Waals surface area contributed by atoms with Crippen LogP contribution in [-0.4, -0.2) is 18.0 Å². The van der Waals surface area contributed by atoms with Crippen molar-refractivity contribution in [3.8, 4) is 0 Å². The predicted molar refractivity (Wildman–Crippen MR) is 89.1 cm³/mol. The van der Waals surface area contributed by atoms with E-state index in [0.29, 0.717) is 0 Å². The summed E-state index contributed by atoms with van der Waals surface area (Å²) < 4.78 is 1.06. The molecule has 2 N–H and O–H groups in total. The summed E-state index contributed by atoms with van der Waals surface area (Å²) in [5.41, 5.74) is 2.24. The first-order valence-corrected chi connectivity index (χ1v) is 8.16. The number of carbonyl (C=O) groups is 1. The van der Waals surface area contributed by atoms with E-state index in [-0.39, 0.29) is 18.0 Å². The third kappa shape index (κ3) is 4.82. The highest BCUT2D eigenvalue weighted by atomic mass is 79.9. The Morgan fingerprint density at radius 3 is 2.45 bits per heavy atom. The fourth-order valence-corrected chi connectivity index (χ4v) is 2.52. The van der Waals surface area contributed by atoms with Crippen LogP contribution in [0.5, 0.6) is 0 Å². The molecular weight excluding hydrogens is 316 g/mol. The van der Waals surface area contributed by atoms with Crippen molar-refractivity contribution in [1.29, 1.82) is 0 Å². The van der Waals surface area contributed by atoms with Crippen LogP contribution in [0.4, 0.5) is 5.69 Å². The summed E-state index contributed by atoms with van der Waals surface area (Å²) in [4.78, 5) is 12.2. The molecule has 0 bridgehead atoms. The van der Waals surface area contributed by atoms with Crippen molar-refractivity contribution in [1.82, 2.24) is 5.32 Å². The van der Waals surface area contributed by atoms with Gasteiger partial charge in [0.05, 0.1) is 0 Å². The number of aryl methyl sites for hydroxylation is 1. The molecule has 0 spiro atoms.